The van der Waals surface area contributed by atoms with Gasteiger partial charge in [0, 0.05) is 25.8 Å². The van der Waals surface area contributed by atoms with Crippen LogP contribution in [0.2, 0.25) is 0 Å². The fourth-order valence-electron chi connectivity index (χ4n) is 3.97. The van der Waals surface area contributed by atoms with E-state index in [1.807, 2.05) is 4.90 Å². The average molecular weight is 326 g/mol. The van der Waals surface area contributed by atoms with E-state index in [4.69, 9.17) is 4.98 Å². The van der Waals surface area contributed by atoms with E-state index < -0.39 is 0 Å². The molecule has 1 fully saturated rings. The topological polar surface area (TPSA) is 49.3 Å². The van der Waals surface area contributed by atoms with Crippen molar-refractivity contribution in [3.63, 3.8) is 0 Å². The number of carbonyl (C=O) groups is 1. The van der Waals surface area contributed by atoms with E-state index in [1.165, 1.54) is 50.5 Å². The minimum atomic E-state index is 0.103. The first-order chi connectivity index (χ1) is 11.8. The van der Waals surface area contributed by atoms with Crippen LogP contribution in [0.3, 0.4) is 0 Å². The first-order valence-corrected chi connectivity index (χ1v) is 9.39. The maximum Gasteiger partial charge on any atom is 0.257 e. The summed E-state index contributed by atoms with van der Waals surface area (Å²) in [4.78, 5) is 25.9. The fraction of sp³-hybridized carbons (Fsp3) is 0.632. The molecule has 2 aliphatic heterocycles. The highest BCUT2D eigenvalue weighted by molar-refractivity contribution is 5.97. The van der Waals surface area contributed by atoms with Crippen molar-refractivity contribution in [1.29, 1.82) is 0 Å². The highest BCUT2D eigenvalue weighted by atomic mass is 16.2. The lowest BCUT2D eigenvalue weighted by atomic mass is 9.97. The van der Waals surface area contributed by atoms with Gasteiger partial charge in [0.15, 0.2) is 0 Å². The summed E-state index contributed by atoms with van der Waals surface area (Å²) < 4.78 is 0. The molecule has 0 aromatic carbocycles. The van der Waals surface area contributed by atoms with Crippen molar-refractivity contribution in [3.05, 3.63) is 29.1 Å². The Balaban J connectivity index is 1.42. The van der Waals surface area contributed by atoms with E-state index in [-0.39, 0.29) is 5.91 Å². The van der Waals surface area contributed by atoms with Crippen LogP contribution in [0.15, 0.2) is 17.8 Å². The van der Waals surface area contributed by atoms with Gasteiger partial charge < -0.3 is 9.80 Å². The molecular weight excluding hydrogens is 300 g/mol. The highest BCUT2D eigenvalue weighted by Crippen LogP contribution is 2.26. The summed E-state index contributed by atoms with van der Waals surface area (Å²) in [7, 11) is 0. The molecule has 5 heteroatoms. The van der Waals surface area contributed by atoms with E-state index >= 15 is 0 Å². The summed E-state index contributed by atoms with van der Waals surface area (Å²) in [5, 5.41) is 0. The van der Waals surface area contributed by atoms with E-state index in [9.17, 15) is 4.79 Å². The average Bonchev–Trinajstić information content (AvgIpc) is 2.97. The van der Waals surface area contributed by atoms with Crippen LogP contribution in [0.4, 0.5) is 5.95 Å². The van der Waals surface area contributed by atoms with Crippen molar-refractivity contribution >= 4 is 11.9 Å². The molecule has 1 amide bonds. The molecule has 0 bridgehead atoms. The number of rotatable bonds is 4. The molecule has 0 radical (unpaired) electrons. The van der Waals surface area contributed by atoms with Crippen LogP contribution >= 0.6 is 0 Å². The molecule has 0 atom stereocenters. The number of hydrogen-bond acceptors (Lipinski definition) is 4. The Morgan fingerprint density at radius 3 is 2.75 bits per heavy atom. The van der Waals surface area contributed by atoms with Gasteiger partial charge in [0.1, 0.15) is 0 Å². The molecule has 0 saturated carbocycles. The van der Waals surface area contributed by atoms with Crippen LogP contribution in [0, 0.1) is 0 Å². The molecule has 24 heavy (non-hydrogen) atoms. The minimum Gasteiger partial charge on any atom is -0.341 e. The van der Waals surface area contributed by atoms with Crippen LogP contribution in [-0.2, 0) is 6.54 Å². The lowest BCUT2D eigenvalue weighted by molar-refractivity contribution is 0.0779. The number of hydrogen-bond donors (Lipinski definition) is 0. The number of fused-ring (bicyclic) bond motifs is 1. The Labute approximate surface area is 143 Å². The van der Waals surface area contributed by atoms with Gasteiger partial charge in [-0.1, -0.05) is 11.6 Å². The van der Waals surface area contributed by atoms with Gasteiger partial charge in [-0.25, -0.2) is 9.97 Å². The van der Waals surface area contributed by atoms with Gasteiger partial charge in [-0.05, 0) is 51.4 Å². The van der Waals surface area contributed by atoms with Crippen molar-refractivity contribution in [2.24, 2.45) is 0 Å². The number of anilines is 1. The Hall–Kier alpha value is -1.91. The Bertz CT molecular complexity index is 649. The van der Waals surface area contributed by atoms with Gasteiger partial charge >= 0.3 is 0 Å². The van der Waals surface area contributed by atoms with E-state index in [0.717, 1.165) is 37.7 Å². The molecule has 0 spiro atoms. The fourth-order valence-corrected chi connectivity index (χ4v) is 3.97. The first-order valence-electron chi connectivity index (χ1n) is 9.39. The maximum absolute atomic E-state index is 12.6. The SMILES string of the molecule is O=C1c2cnc(N3CCCCC3)nc2CN1CCC1=CCCCC1. The molecule has 1 aromatic heterocycles. The van der Waals surface area contributed by atoms with Crippen LogP contribution in [0.25, 0.3) is 0 Å². The second-order valence-corrected chi connectivity index (χ2v) is 7.16. The van der Waals surface area contributed by atoms with Crippen molar-refractivity contribution in [2.45, 2.75) is 57.9 Å². The molecule has 4 rings (SSSR count). The van der Waals surface area contributed by atoms with Crippen molar-refractivity contribution in [2.75, 3.05) is 24.5 Å². The Morgan fingerprint density at radius 2 is 1.96 bits per heavy atom. The zero-order valence-corrected chi connectivity index (χ0v) is 14.3. The third kappa shape index (κ3) is 3.17. The zero-order valence-electron chi connectivity index (χ0n) is 14.3. The number of nitrogens with zero attached hydrogens (tertiary/aromatic N) is 4. The van der Waals surface area contributed by atoms with Gasteiger partial charge in [-0.3, -0.25) is 4.79 Å². The molecule has 1 saturated heterocycles. The highest BCUT2D eigenvalue weighted by Gasteiger charge is 2.30. The van der Waals surface area contributed by atoms with Crippen LogP contribution < -0.4 is 4.90 Å². The molecule has 3 heterocycles. The monoisotopic (exact) mass is 326 g/mol. The van der Waals surface area contributed by atoms with E-state index in [2.05, 4.69) is 16.0 Å². The minimum absolute atomic E-state index is 0.103. The Kier molecular flexibility index (Phi) is 4.50. The second-order valence-electron chi connectivity index (χ2n) is 7.16. The quantitative estimate of drug-likeness (QED) is 0.797. The van der Waals surface area contributed by atoms with Crippen molar-refractivity contribution in [3.8, 4) is 0 Å². The number of amides is 1. The summed E-state index contributed by atoms with van der Waals surface area (Å²) in [5.41, 5.74) is 3.13. The summed E-state index contributed by atoms with van der Waals surface area (Å²) >= 11 is 0. The predicted molar refractivity (Wildman–Crippen MR) is 94.0 cm³/mol. The van der Waals surface area contributed by atoms with Crippen LogP contribution in [-0.4, -0.2) is 40.4 Å². The largest absolute Gasteiger partial charge is 0.341 e. The third-order valence-electron chi connectivity index (χ3n) is 5.44. The van der Waals surface area contributed by atoms with Gasteiger partial charge in [0.05, 0.1) is 17.8 Å². The maximum atomic E-state index is 12.6. The van der Waals surface area contributed by atoms with Gasteiger partial charge in [-0.15, -0.1) is 0 Å². The second kappa shape index (κ2) is 6.91. The number of aromatic nitrogens is 2. The van der Waals surface area contributed by atoms with Crippen LogP contribution in [0.1, 0.15) is 67.4 Å². The molecule has 1 aliphatic carbocycles. The van der Waals surface area contributed by atoms with Gasteiger partial charge in [-0.2, -0.15) is 0 Å². The third-order valence-corrected chi connectivity index (χ3v) is 5.44. The molecule has 0 N–H and O–H groups in total. The Morgan fingerprint density at radius 1 is 1.08 bits per heavy atom. The molecule has 1 aromatic rings. The summed E-state index contributed by atoms with van der Waals surface area (Å²) in [6, 6.07) is 0. The summed E-state index contributed by atoms with van der Waals surface area (Å²) in [6.45, 7) is 3.51. The number of piperidine rings is 1. The molecular formula is C19H26N4O. The van der Waals surface area contributed by atoms with E-state index in [1.54, 1.807) is 6.20 Å². The van der Waals surface area contributed by atoms with Gasteiger partial charge in [0.2, 0.25) is 5.95 Å². The summed E-state index contributed by atoms with van der Waals surface area (Å²) in [6.07, 6.45) is 13.8. The summed E-state index contributed by atoms with van der Waals surface area (Å²) in [5.74, 6) is 0.907. The smallest absolute Gasteiger partial charge is 0.257 e. The van der Waals surface area contributed by atoms with Crippen molar-refractivity contribution < 1.29 is 4.79 Å². The van der Waals surface area contributed by atoms with Gasteiger partial charge in [0.25, 0.3) is 5.91 Å². The first kappa shape index (κ1) is 15.6. The lowest BCUT2D eigenvalue weighted by Crippen LogP contribution is -2.31. The van der Waals surface area contributed by atoms with E-state index in [0.29, 0.717) is 12.1 Å². The molecule has 128 valence electrons. The standard InChI is InChI=1S/C19H26N4O/c24-18-16-13-20-19(22-10-5-2-6-11-22)21-17(16)14-23(18)12-9-15-7-3-1-4-8-15/h7,13H,1-6,8-12,14H2. The molecule has 3 aliphatic rings. The molecule has 5 nitrogen and oxygen atoms in total. The van der Waals surface area contributed by atoms with Crippen LogP contribution in [0.5, 0.6) is 0 Å². The van der Waals surface area contributed by atoms with Crippen molar-refractivity contribution in [1.82, 2.24) is 14.9 Å². The number of carbonyl (C=O) groups excluding carboxylic acids is 1. The zero-order chi connectivity index (χ0) is 16.4. The predicted octanol–water partition coefficient (Wildman–Crippen LogP) is 3.31. The number of allylic oxidation sites excluding steroid dienone is 1. The molecule has 0 unspecified atom stereocenters. The lowest BCUT2D eigenvalue weighted by Gasteiger charge is -2.26. The normalized spacial score (nSPS) is 21.0.